The lowest BCUT2D eigenvalue weighted by atomic mass is 10.1. The van der Waals surface area contributed by atoms with Gasteiger partial charge in [0.2, 0.25) is 0 Å². The van der Waals surface area contributed by atoms with E-state index >= 15 is 0 Å². The molecule has 1 amide bonds. The second-order valence-corrected chi connectivity index (χ2v) is 10.8. The van der Waals surface area contributed by atoms with Crippen LogP contribution in [0, 0.1) is 0 Å². The molecule has 0 atom stereocenters. The minimum atomic E-state index is -0.371. The standard InChI is InChI=1S/C28H24ClN3O3S2/c1-3-35-27(34)19-9-12-21(13-10-19)30-28-32(16-15-18-7-5-4-6-8-18)25(33)24(37-28)26-31(2)22-17-20(29)11-14-23(22)36-26/h4-14,17H,3,15-16H2,1-2H3. The molecule has 188 valence electrons. The summed E-state index contributed by atoms with van der Waals surface area (Å²) in [5, 5.41) is 2.12. The van der Waals surface area contributed by atoms with Crippen LogP contribution in [-0.2, 0) is 16.0 Å². The number of amidine groups is 1. The molecule has 0 aromatic heterocycles. The van der Waals surface area contributed by atoms with E-state index in [1.807, 2.05) is 48.3 Å². The number of fused-ring (bicyclic) bond motifs is 1. The SMILES string of the molecule is CCOC(=O)c1ccc(N=C2SC(=C3Sc4ccc(Cl)cc4N3C)C(=O)N2CCc2ccccc2)cc1. The molecule has 0 bridgehead atoms. The minimum absolute atomic E-state index is 0.0731. The molecular weight excluding hydrogens is 526 g/mol. The van der Waals surface area contributed by atoms with Crippen molar-refractivity contribution in [1.82, 2.24) is 4.90 Å². The zero-order chi connectivity index (χ0) is 25.9. The average molecular weight is 550 g/mol. The number of carbonyl (C=O) groups excluding carboxylic acids is 2. The lowest BCUT2D eigenvalue weighted by Crippen LogP contribution is -2.31. The fourth-order valence-corrected chi connectivity index (χ4v) is 6.53. The Kier molecular flexibility index (Phi) is 7.60. The molecule has 0 aliphatic carbocycles. The van der Waals surface area contributed by atoms with Gasteiger partial charge in [-0.25, -0.2) is 9.79 Å². The molecule has 5 rings (SSSR count). The molecule has 2 aliphatic heterocycles. The van der Waals surface area contributed by atoms with Crippen LogP contribution < -0.4 is 4.90 Å². The number of benzene rings is 3. The molecule has 1 fully saturated rings. The van der Waals surface area contributed by atoms with E-state index in [0.29, 0.717) is 45.9 Å². The second kappa shape index (κ2) is 11.0. The topological polar surface area (TPSA) is 62.2 Å². The highest BCUT2D eigenvalue weighted by Gasteiger charge is 2.39. The number of amides is 1. The Morgan fingerprint density at radius 2 is 1.78 bits per heavy atom. The monoisotopic (exact) mass is 549 g/mol. The highest BCUT2D eigenvalue weighted by molar-refractivity contribution is 8.19. The van der Waals surface area contributed by atoms with Crippen LogP contribution in [0.25, 0.3) is 0 Å². The van der Waals surface area contributed by atoms with Gasteiger partial charge in [-0.15, -0.1) is 0 Å². The number of anilines is 1. The molecule has 2 aliphatic rings. The normalized spacial score (nSPS) is 18.0. The Bertz CT molecular complexity index is 1410. The maximum atomic E-state index is 13.7. The molecule has 3 aromatic carbocycles. The van der Waals surface area contributed by atoms with Crippen molar-refractivity contribution in [3.05, 3.63) is 98.9 Å². The average Bonchev–Trinajstić information content (AvgIpc) is 3.39. The Morgan fingerprint density at radius 3 is 2.51 bits per heavy atom. The van der Waals surface area contributed by atoms with Crippen LogP contribution in [0.2, 0.25) is 5.02 Å². The van der Waals surface area contributed by atoms with Crippen LogP contribution in [0.3, 0.4) is 0 Å². The van der Waals surface area contributed by atoms with Gasteiger partial charge in [-0.1, -0.05) is 53.7 Å². The van der Waals surface area contributed by atoms with E-state index < -0.39 is 0 Å². The third kappa shape index (κ3) is 5.42. The molecule has 0 radical (unpaired) electrons. The molecule has 2 heterocycles. The number of hydrogen-bond donors (Lipinski definition) is 0. The van der Waals surface area contributed by atoms with Gasteiger partial charge >= 0.3 is 5.97 Å². The van der Waals surface area contributed by atoms with Crippen LogP contribution >= 0.6 is 35.1 Å². The van der Waals surface area contributed by atoms with Gasteiger partial charge in [0.15, 0.2) is 5.17 Å². The Balaban J connectivity index is 1.47. The summed E-state index contributed by atoms with van der Waals surface area (Å²) >= 11 is 9.16. The summed E-state index contributed by atoms with van der Waals surface area (Å²) in [4.78, 5) is 36.0. The van der Waals surface area contributed by atoms with Crippen LogP contribution in [0.15, 0.2) is 92.6 Å². The first kappa shape index (κ1) is 25.4. The Hall–Kier alpha value is -3.20. The van der Waals surface area contributed by atoms with Crippen LogP contribution in [0.5, 0.6) is 0 Å². The maximum Gasteiger partial charge on any atom is 0.338 e. The van der Waals surface area contributed by atoms with Gasteiger partial charge in [0.1, 0.15) is 4.91 Å². The third-order valence-electron chi connectivity index (χ3n) is 5.92. The number of ether oxygens (including phenoxy) is 1. The first-order chi connectivity index (χ1) is 17.9. The van der Waals surface area contributed by atoms with Crippen molar-refractivity contribution in [3.8, 4) is 0 Å². The smallest absolute Gasteiger partial charge is 0.338 e. The lowest BCUT2D eigenvalue weighted by Gasteiger charge is -2.17. The summed E-state index contributed by atoms with van der Waals surface area (Å²) in [7, 11) is 1.95. The van der Waals surface area contributed by atoms with Gasteiger partial charge in [0, 0.05) is 23.5 Å². The highest BCUT2D eigenvalue weighted by atomic mass is 35.5. The summed E-state index contributed by atoms with van der Waals surface area (Å²) < 4.78 is 5.07. The zero-order valence-corrected chi connectivity index (χ0v) is 22.7. The number of hydrogen-bond acceptors (Lipinski definition) is 7. The van der Waals surface area contributed by atoms with E-state index in [0.717, 1.165) is 21.2 Å². The quantitative estimate of drug-likeness (QED) is 0.251. The van der Waals surface area contributed by atoms with Crippen LogP contribution in [0.1, 0.15) is 22.8 Å². The lowest BCUT2D eigenvalue weighted by molar-refractivity contribution is -0.122. The molecule has 0 N–H and O–H groups in total. The summed E-state index contributed by atoms with van der Waals surface area (Å²) in [5.41, 5.74) is 3.24. The Labute approximate surface area is 229 Å². The summed E-state index contributed by atoms with van der Waals surface area (Å²) in [6.07, 6.45) is 0.704. The number of carbonyl (C=O) groups is 2. The van der Waals surface area contributed by atoms with Crippen molar-refractivity contribution in [2.75, 3.05) is 25.1 Å². The molecule has 0 unspecified atom stereocenters. The van der Waals surface area contributed by atoms with Gasteiger partial charge in [-0.05, 0) is 73.1 Å². The number of halogens is 1. The molecular formula is C28H24ClN3O3S2. The van der Waals surface area contributed by atoms with Crippen molar-refractivity contribution in [2.45, 2.75) is 18.2 Å². The first-order valence-electron chi connectivity index (χ1n) is 11.8. The van der Waals surface area contributed by atoms with E-state index in [4.69, 9.17) is 21.3 Å². The molecule has 0 spiro atoms. The molecule has 9 heteroatoms. The summed E-state index contributed by atoms with van der Waals surface area (Å²) in [6.45, 7) is 2.59. The first-order valence-corrected chi connectivity index (χ1v) is 13.8. The van der Waals surface area contributed by atoms with Crippen LogP contribution in [-0.4, -0.2) is 42.1 Å². The molecule has 0 saturated carbocycles. The van der Waals surface area contributed by atoms with Crippen molar-refractivity contribution in [1.29, 1.82) is 0 Å². The van der Waals surface area contributed by atoms with Gasteiger partial charge in [0.25, 0.3) is 5.91 Å². The molecule has 6 nitrogen and oxygen atoms in total. The minimum Gasteiger partial charge on any atom is -0.462 e. The number of rotatable bonds is 6. The largest absolute Gasteiger partial charge is 0.462 e. The van der Waals surface area contributed by atoms with Gasteiger partial charge < -0.3 is 9.64 Å². The van der Waals surface area contributed by atoms with Gasteiger partial charge in [-0.2, -0.15) is 0 Å². The summed E-state index contributed by atoms with van der Waals surface area (Å²) in [5.74, 6) is -0.444. The Morgan fingerprint density at radius 1 is 1.03 bits per heavy atom. The maximum absolute atomic E-state index is 13.7. The van der Waals surface area contributed by atoms with Crippen molar-refractivity contribution in [2.24, 2.45) is 4.99 Å². The number of thioether (sulfide) groups is 2. The van der Waals surface area contributed by atoms with E-state index in [1.54, 1.807) is 47.9 Å². The fraction of sp³-hybridized carbons (Fsp3) is 0.179. The van der Waals surface area contributed by atoms with Crippen molar-refractivity contribution in [3.63, 3.8) is 0 Å². The zero-order valence-electron chi connectivity index (χ0n) is 20.3. The van der Waals surface area contributed by atoms with Gasteiger partial charge in [0.05, 0.1) is 28.6 Å². The molecule has 37 heavy (non-hydrogen) atoms. The van der Waals surface area contributed by atoms with Crippen LogP contribution in [0.4, 0.5) is 11.4 Å². The predicted molar refractivity (Wildman–Crippen MR) is 152 cm³/mol. The van der Waals surface area contributed by atoms with Crippen molar-refractivity contribution >= 4 is 63.5 Å². The predicted octanol–water partition coefficient (Wildman–Crippen LogP) is 6.73. The van der Waals surface area contributed by atoms with Gasteiger partial charge in [-0.3, -0.25) is 9.69 Å². The molecule has 1 saturated heterocycles. The molecule has 3 aromatic rings. The third-order valence-corrected chi connectivity index (χ3v) is 8.59. The van der Waals surface area contributed by atoms with Crippen molar-refractivity contribution < 1.29 is 14.3 Å². The van der Waals surface area contributed by atoms with E-state index in [9.17, 15) is 9.59 Å². The van der Waals surface area contributed by atoms with E-state index in [1.165, 1.54) is 11.8 Å². The van der Waals surface area contributed by atoms with E-state index in [2.05, 4.69) is 12.1 Å². The number of nitrogens with zero attached hydrogens (tertiary/aromatic N) is 3. The number of esters is 1. The second-order valence-electron chi connectivity index (χ2n) is 8.36. The fourth-order valence-electron chi connectivity index (χ4n) is 4.02. The summed E-state index contributed by atoms with van der Waals surface area (Å²) in [6, 6.07) is 22.7. The highest BCUT2D eigenvalue weighted by Crippen LogP contribution is 2.50. The number of aliphatic imine (C=N–C) groups is 1. The van der Waals surface area contributed by atoms with E-state index in [-0.39, 0.29) is 11.9 Å².